The molecule has 3 aromatic heterocycles. The minimum Gasteiger partial charge on any atom is -0.483 e. The molecule has 7 aromatic rings. The molecular formula is C44H34N4O2Pt. The first-order valence-corrected chi connectivity index (χ1v) is 16.9. The molecule has 2 aliphatic rings. The quantitative estimate of drug-likeness (QED) is 0.168. The van der Waals surface area contributed by atoms with E-state index in [9.17, 15) is 0 Å². The molecule has 9 rings (SSSR count). The third-order valence-electron chi connectivity index (χ3n) is 9.40. The first-order chi connectivity index (χ1) is 24.4. The summed E-state index contributed by atoms with van der Waals surface area (Å²) in [7, 11) is 0. The van der Waals surface area contributed by atoms with Crippen LogP contribution in [0, 0.1) is 6.07 Å². The molecule has 1 aliphatic carbocycles. The van der Waals surface area contributed by atoms with Gasteiger partial charge in [-0.05, 0) is 70.9 Å². The van der Waals surface area contributed by atoms with Gasteiger partial charge in [-0.3, -0.25) is 0 Å². The molecule has 0 radical (unpaired) electrons. The van der Waals surface area contributed by atoms with Crippen molar-refractivity contribution in [1.29, 1.82) is 0 Å². The summed E-state index contributed by atoms with van der Waals surface area (Å²) in [6.07, 6.45) is 9.50. The van der Waals surface area contributed by atoms with E-state index in [2.05, 4.69) is 102 Å². The zero-order valence-electron chi connectivity index (χ0n) is 28.4. The second-order valence-electron chi connectivity index (χ2n) is 13.7. The third-order valence-corrected chi connectivity index (χ3v) is 9.40. The van der Waals surface area contributed by atoms with Crippen LogP contribution in [-0.4, -0.2) is 26.7 Å². The number of nitrogens with zero attached hydrogens (tertiary/aromatic N) is 4. The van der Waals surface area contributed by atoms with Crippen molar-refractivity contribution in [2.75, 3.05) is 4.90 Å². The van der Waals surface area contributed by atoms with Crippen molar-refractivity contribution < 1.29 is 30.5 Å². The maximum Gasteiger partial charge on any atom is 2.00 e. The molecule has 4 heterocycles. The first-order valence-electron chi connectivity index (χ1n) is 16.9. The van der Waals surface area contributed by atoms with Gasteiger partial charge in [-0.1, -0.05) is 80.8 Å². The maximum absolute atomic E-state index is 6.97. The molecule has 0 saturated heterocycles. The smallest absolute Gasteiger partial charge is 0.483 e. The summed E-state index contributed by atoms with van der Waals surface area (Å²) in [4.78, 5) is 11.8. The van der Waals surface area contributed by atoms with Crippen LogP contribution in [0.2, 0.25) is 0 Å². The Kier molecular flexibility index (Phi) is 8.36. The van der Waals surface area contributed by atoms with Gasteiger partial charge >= 0.3 is 21.1 Å². The van der Waals surface area contributed by atoms with Crippen molar-refractivity contribution >= 4 is 34.4 Å². The second kappa shape index (κ2) is 13.0. The number of pyridine rings is 2. The van der Waals surface area contributed by atoms with Gasteiger partial charge in [-0.25, -0.2) is 11.1 Å². The van der Waals surface area contributed by atoms with Gasteiger partial charge in [-0.2, -0.15) is 0 Å². The molecule has 0 N–H and O–H groups in total. The molecule has 0 spiro atoms. The number of aromatic nitrogens is 3. The van der Waals surface area contributed by atoms with Crippen LogP contribution in [-0.2, 0) is 26.5 Å². The maximum atomic E-state index is 6.97. The Morgan fingerprint density at radius 3 is 2.31 bits per heavy atom. The Morgan fingerprint density at radius 2 is 1.49 bits per heavy atom. The minimum absolute atomic E-state index is 0. The van der Waals surface area contributed by atoms with Crippen molar-refractivity contribution in [1.82, 2.24) is 14.5 Å². The summed E-state index contributed by atoms with van der Waals surface area (Å²) in [5.41, 5.74) is 5.68. The summed E-state index contributed by atoms with van der Waals surface area (Å²) in [6, 6.07) is 44.1. The van der Waals surface area contributed by atoms with E-state index in [0.717, 1.165) is 49.9 Å². The molecular weight excluding hydrogens is 812 g/mol. The van der Waals surface area contributed by atoms with Gasteiger partial charge in [-0.15, -0.1) is 46.5 Å². The summed E-state index contributed by atoms with van der Waals surface area (Å²) < 4.78 is 15.9. The Hall–Kier alpha value is -5.45. The van der Waals surface area contributed by atoms with Gasteiger partial charge < -0.3 is 23.9 Å². The predicted octanol–water partition coefficient (Wildman–Crippen LogP) is 8.39. The number of hydrogen-bond acceptors (Lipinski definition) is 5. The average Bonchev–Trinajstić information content (AvgIpc) is 3.48. The molecule has 51 heavy (non-hydrogen) atoms. The topological polar surface area (TPSA) is 52.4 Å². The molecule has 0 saturated carbocycles. The second-order valence-corrected chi connectivity index (χ2v) is 13.7. The zero-order valence-corrected chi connectivity index (χ0v) is 30.6. The summed E-state index contributed by atoms with van der Waals surface area (Å²) >= 11 is 0. The molecule has 2 atom stereocenters. The van der Waals surface area contributed by atoms with Crippen molar-refractivity contribution in [2.45, 2.75) is 38.3 Å². The van der Waals surface area contributed by atoms with E-state index in [1.54, 1.807) is 6.20 Å². The van der Waals surface area contributed by atoms with Crippen molar-refractivity contribution in [3.05, 3.63) is 156 Å². The van der Waals surface area contributed by atoms with Gasteiger partial charge in [0.2, 0.25) is 0 Å². The fraction of sp³-hybridized carbons (Fsp3) is 0.136. The summed E-state index contributed by atoms with van der Waals surface area (Å²) in [5.74, 6) is 2.86. The van der Waals surface area contributed by atoms with Crippen LogP contribution in [0.25, 0.3) is 40.1 Å². The van der Waals surface area contributed by atoms with E-state index in [4.69, 9.17) is 14.5 Å². The monoisotopic (exact) mass is 845 g/mol. The fourth-order valence-electron chi connectivity index (χ4n) is 6.95. The Balaban J connectivity index is 0.00000374. The Labute approximate surface area is 311 Å². The normalized spacial score (nSPS) is 16.2. The minimum atomic E-state index is -0.446. The number of fused-ring (bicyclic) bond motifs is 6. The van der Waals surface area contributed by atoms with E-state index in [1.807, 2.05) is 79.0 Å². The number of para-hydroxylation sites is 5. The van der Waals surface area contributed by atoms with Gasteiger partial charge in [0.25, 0.3) is 0 Å². The zero-order chi connectivity index (χ0) is 33.8. The predicted molar refractivity (Wildman–Crippen MR) is 199 cm³/mol. The standard InChI is InChI=1S/C44H34N4O2.Pt/c1-44(2,3)30-22-24-46-43(26-30)48-35-17-5-4-15-32(35)33-27-42-38(28-37(33)48)47(31-14-12-13-29(25-31)34-16-10-11-23-45-34)36-18-6-7-19-39(36)49-40-20-8-9-21-41(40)50-42;/h4-24,26-27,38,42H,1-3H3;/q-2;+2. The van der Waals surface area contributed by atoms with Crippen LogP contribution < -0.4 is 24.9 Å². The van der Waals surface area contributed by atoms with Gasteiger partial charge in [0.1, 0.15) is 11.9 Å². The average molecular weight is 846 g/mol. The van der Waals surface area contributed by atoms with Crippen LogP contribution in [0.1, 0.15) is 26.3 Å². The molecule has 2 unspecified atom stereocenters. The van der Waals surface area contributed by atoms with Crippen LogP contribution in [0.4, 0.5) is 11.4 Å². The Bertz CT molecular complexity index is 2520. The van der Waals surface area contributed by atoms with Gasteiger partial charge in [0.15, 0.2) is 17.2 Å². The molecule has 0 fully saturated rings. The molecule has 1 aliphatic heterocycles. The first kappa shape index (κ1) is 32.7. The van der Waals surface area contributed by atoms with Crippen LogP contribution in [0.3, 0.4) is 0 Å². The van der Waals surface area contributed by atoms with Crippen molar-refractivity contribution in [3.8, 4) is 34.3 Å². The Morgan fingerprint density at radius 1 is 0.725 bits per heavy atom. The largest absolute Gasteiger partial charge is 2.00 e. The van der Waals surface area contributed by atoms with Gasteiger partial charge in [0.05, 0.1) is 5.69 Å². The summed E-state index contributed by atoms with van der Waals surface area (Å²) in [6.45, 7) is 6.68. The molecule has 0 bridgehead atoms. The van der Waals surface area contributed by atoms with E-state index < -0.39 is 12.1 Å². The molecule has 0 amide bonds. The van der Waals surface area contributed by atoms with Crippen LogP contribution in [0.5, 0.6) is 17.2 Å². The van der Waals surface area contributed by atoms with Crippen molar-refractivity contribution in [2.24, 2.45) is 0 Å². The third kappa shape index (κ3) is 5.84. The van der Waals surface area contributed by atoms with Crippen LogP contribution in [0.15, 0.2) is 134 Å². The molecule has 7 heteroatoms. The molecule has 6 nitrogen and oxygen atoms in total. The van der Waals surface area contributed by atoms with E-state index in [0.29, 0.717) is 17.2 Å². The van der Waals surface area contributed by atoms with E-state index in [-0.39, 0.29) is 26.5 Å². The summed E-state index contributed by atoms with van der Waals surface area (Å²) in [5, 5.41) is 3.11. The number of anilines is 2. The van der Waals surface area contributed by atoms with Gasteiger partial charge in [0, 0.05) is 24.0 Å². The van der Waals surface area contributed by atoms with Crippen molar-refractivity contribution in [3.63, 3.8) is 0 Å². The molecule has 252 valence electrons. The number of hydrogen-bond donors (Lipinski definition) is 0. The number of ether oxygens (including phenoxy) is 2. The van der Waals surface area contributed by atoms with E-state index >= 15 is 0 Å². The number of benzene rings is 4. The number of rotatable bonds is 3. The van der Waals surface area contributed by atoms with Crippen LogP contribution >= 0.6 is 0 Å². The molecule has 4 aromatic carbocycles. The fourth-order valence-corrected chi connectivity index (χ4v) is 6.95. The SMILES string of the molecule is CC(C)(C)c1ccnc(-n2c3c(c4ccccc42)=CC2Oc4ccccc4Oc4ccccc4N(c4[c-]c(-c5ccccn5)ccc4)C2[C-]=3)c1.[Pt+2]. The van der Waals surface area contributed by atoms with E-state index in [1.165, 1.54) is 5.56 Å².